The summed E-state index contributed by atoms with van der Waals surface area (Å²) >= 11 is 0. The fourth-order valence-corrected chi connectivity index (χ4v) is 1.49. The standard InChI is InChI=1S/C13H16N2O2/c1-10(8-13(16)17-3)15(2)12-6-4-11(9-14)5-7-12/h4-7,10H,8H2,1-3H3. The van der Waals surface area contributed by atoms with E-state index in [0.29, 0.717) is 12.0 Å². The number of esters is 1. The van der Waals surface area contributed by atoms with Crippen LogP contribution in [0.25, 0.3) is 0 Å². The lowest BCUT2D eigenvalue weighted by Crippen LogP contribution is -2.31. The Kier molecular flexibility index (Phi) is 4.53. The Morgan fingerprint density at radius 3 is 2.53 bits per heavy atom. The van der Waals surface area contributed by atoms with E-state index in [1.807, 2.05) is 31.0 Å². The molecule has 1 unspecified atom stereocenters. The van der Waals surface area contributed by atoms with Crippen molar-refractivity contribution in [3.8, 4) is 6.07 Å². The van der Waals surface area contributed by atoms with Crippen molar-refractivity contribution in [3.05, 3.63) is 29.8 Å². The molecular formula is C13H16N2O2. The summed E-state index contributed by atoms with van der Waals surface area (Å²) in [6.07, 6.45) is 0.340. The van der Waals surface area contributed by atoms with Gasteiger partial charge in [-0.3, -0.25) is 4.79 Å². The monoisotopic (exact) mass is 232 g/mol. The van der Waals surface area contributed by atoms with Crippen molar-refractivity contribution >= 4 is 11.7 Å². The van der Waals surface area contributed by atoms with Gasteiger partial charge in [-0.1, -0.05) is 0 Å². The Hall–Kier alpha value is -2.02. The van der Waals surface area contributed by atoms with Crippen molar-refractivity contribution in [2.75, 3.05) is 19.1 Å². The third-order valence-electron chi connectivity index (χ3n) is 2.75. The summed E-state index contributed by atoms with van der Waals surface area (Å²) < 4.78 is 4.63. The lowest BCUT2D eigenvalue weighted by molar-refractivity contribution is -0.140. The number of nitriles is 1. The SMILES string of the molecule is COC(=O)CC(C)N(C)c1ccc(C#N)cc1. The molecule has 4 nitrogen and oxygen atoms in total. The van der Waals surface area contributed by atoms with E-state index in [1.165, 1.54) is 7.11 Å². The zero-order valence-corrected chi connectivity index (χ0v) is 10.3. The molecule has 0 N–H and O–H groups in total. The van der Waals surface area contributed by atoms with Gasteiger partial charge in [-0.2, -0.15) is 5.26 Å². The average molecular weight is 232 g/mol. The fraction of sp³-hybridized carbons (Fsp3) is 0.385. The summed E-state index contributed by atoms with van der Waals surface area (Å²) in [5.74, 6) is -0.224. The largest absolute Gasteiger partial charge is 0.469 e. The number of methoxy groups -OCH3 is 1. The van der Waals surface area contributed by atoms with Crippen LogP contribution in [0.5, 0.6) is 0 Å². The van der Waals surface area contributed by atoms with Crippen LogP contribution in [0.3, 0.4) is 0 Å². The van der Waals surface area contributed by atoms with Gasteiger partial charge in [0.15, 0.2) is 0 Å². The minimum Gasteiger partial charge on any atom is -0.469 e. The number of rotatable bonds is 4. The summed E-state index contributed by atoms with van der Waals surface area (Å²) in [5, 5.41) is 8.70. The smallest absolute Gasteiger partial charge is 0.307 e. The van der Waals surface area contributed by atoms with E-state index in [4.69, 9.17) is 5.26 Å². The number of hydrogen-bond donors (Lipinski definition) is 0. The van der Waals surface area contributed by atoms with Crippen molar-refractivity contribution < 1.29 is 9.53 Å². The van der Waals surface area contributed by atoms with Crippen LogP contribution in [0.15, 0.2) is 24.3 Å². The first kappa shape index (κ1) is 13.0. The Bertz CT molecular complexity index is 420. The normalized spacial score (nSPS) is 11.4. The molecule has 0 amide bonds. The van der Waals surface area contributed by atoms with E-state index >= 15 is 0 Å². The van der Waals surface area contributed by atoms with Gasteiger partial charge in [0.05, 0.1) is 25.2 Å². The van der Waals surface area contributed by atoms with Gasteiger partial charge in [-0.15, -0.1) is 0 Å². The minimum absolute atomic E-state index is 0.0513. The van der Waals surface area contributed by atoms with E-state index in [1.54, 1.807) is 12.1 Å². The molecule has 0 aliphatic heterocycles. The quantitative estimate of drug-likeness (QED) is 0.744. The molecule has 90 valence electrons. The lowest BCUT2D eigenvalue weighted by Gasteiger charge is -2.26. The van der Waals surface area contributed by atoms with Crippen LogP contribution in [0.2, 0.25) is 0 Å². The van der Waals surface area contributed by atoms with Crippen LogP contribution in [0, 0.1) is 11.3 Å². The number of anilines is 1. The topological polar surface area (TPSA) is 53.3 Å². The van der Waals surface area contributed by atoms with Crippen molar-refractivity contribution in [2.45, 2.75) is 19.4 Å². The summed E-state index contributed by atoms with van der Waals surface area (Å²) in [4.78, 5) is 13.2. The van der Waals surface area contributed by atoms with Crippen LogP contribution < -0.4 is 4.90 Å². The Balaban J connectivity index is 2.71. The molecule has 0 radical (unpaired) electrons. The van der Waals surface area contributed by atoms with Crippen LogP contribution >= 0.6 is 0 Å². The number of carbonyl (C=O) groups excluding carboxylic acids is 1. The van der Waals surface area contributed by atoms with Gasteiger partial charge >= 0.3 is 5.97 Å². The molecule has 0 saturated carbocycles. The van der Waals surface area contributed by atoms with Gasteiger partial charge in [0, 0.05) is 18.8 Å². The summed E-state index contributed by atoms with van der Waals surface area (Å²) in [6, 6.07) is 9.38. The number of hydrogen-bond acceptors (Lipinski definition) is 4. The Morgan fingerprint density at radius 1 is 1.47 bits per heavy atom. The fourth-order valence-electron chi connectivity index (χ4n) is 1.49. The lowest BCUT2D eigenvalue weighted by atomic mass is 10.1. The van der Waals surface area contributed by atoms with E-state index in [0.717, 1.165) is 5.69 Å². The summed E-state index contributed by atoms with van der Waals surface area (Å²) in [5.41, 5.74) is 1.60. The van der Waals surface area contributed by atoms with Crippen LogP contribution in [0.4, 0.5) is 5.69 Å². The third-order valence-corrected chi connectivity index (χ3v) is 2.75. The van der Waals surface area contributed by atoms with Gasteiger partial charge in [0.25, 0.3) is 0 Å². The van der Waals surface area contributed by atoms with E-state index in [2.05, 4.69) is 10.8 Å². The maximum absolute atomic E-state index is 11.2. The summed E-state index contributed by atoms with van der Waals surface area (Å²) in [6.45, 7) is 1.95. The molecule has 0 spiro atoms. The highest BCUT2D eigenvalue weighted by Gasteiger charge is 2.14. The van der Waals surface area contributed by atoms with Crippen molar-refractivity contribution in [1.29, 1.82) is 5.26 Å². The van der Waals surface area contributed by atoms with Crippen molar-refractivity contribution in [3.63, 3.8) is 0 Å². The highest BCUT2D eigenvalue weighted by atomic mass is 16.5. The Morgan fingerprint density at radius 2 is 2.06 bits per heavy atom. The molecule has 0 aliphatic carbocycles. The molecule has 1 aromatic carbocycles. The van der Waals surface area contributed by atoms with E-state index in [-0.39, 0.29) is 12.0 Å². The van der Waals surface area contributed by atoms with Gasteiger partial charge in [-0.25, -0.2) is 0 Å². The average Bonchev–Trinajstić information content (AvgIpc) is 2.37. The maximum Gasteiger partial charge on any atom is 0.307 e. The first-order valence-corrected chi connectivity index (χ1v) is 5.38. The van der Waals surface area contributed by atoms with Gasteiger partial charge in [0.1, 0.15) is 0 Å². The number of ether oxygens (including phenoxy) is 1. The van der Waals surface area contributed by atoms with Crippen LogP contribution in [-0.2, 0) is 9.53 Å². The first-order chi connectivity index (χ1) is 8.08. The molecule has 0 fully saturated rings. The van der Waals surface area contributed by atoms with Crippen molar-refractivity contribution in [1.82, 2.24) is 0 Å². The maximum atomic E-state index is 11.2. The zero-order chi connectivity index (χ0) is 12.8. The molecule has 17 heavy (non-hydrogen) atoms. The molecule has 1 atom stereocenters. The number of benzene rings is 1. The second-order valence-electron chi connectivity index (χ2n) is 3.90. The first-order valence-electron chi connectivity index (χ1n) is 5.38. The second-order valence-corrected chi connectivity index (χ2v) is 3.90. The molecule has 1 rings (SSSR count). The van der Waals surface area contributed by atoms with E-state index in [9.17, 15) is 4.79 Å². The molecule has 0 bridgehead atoms. The predicted molar refractivity (Wildman–Crippen MR) is 65.7 cm³/mol. The van der Waals surface area contributed by atoms with Gasteiger partial charge < -0.3 is 9.64 Å². The molecule has 1 aromatic rings. The van der Waals surface area contributed by atoms with Gasteiger partial charge in [-0.05, 0) is 31.2 Å². The molecule has 4 heteroatoms. The highest BCUT2D eigenvalue weighted by Crippen LogP contribution is 2.17. The van der Waals surface area contributed by atoms with Crippen LogP contribution in [-0.4, -0.2) is 26.2 Å². The number of nitrogens with zero attached hydrogens (tertiary/aromatic N) is 2. The minimum atomic E-state index is -0.224. The molecule has 0 aromatic heterocycles. The highest BCUT2D eigenvalue weighted by molar-refractivity contribution is 5.70. The molecular weight excluding hydrogens is 216 g/mol. The molecule has 0 saturated heterocycles. The second kappa shape index (κ2) is 5.90. The zero-order valence-electron chi connectivity index (χ0n) is 10.3. The predicted octanol–water partition coefficient (Wildman–Crippen LogP) is 1.95. The van der Waals surface area contributed by atoms with Crippen molar-refractivity contribution in [2.24, 2.45) is 0 Å². The summed E-state index contributed by atoms with van der Waals surface area (Å²) in [7, 11) is 3.30. The molecule has 0 heterocycles. The Labute approximate surface area is 101 Å². The van der Waals surface area contributed by atoms with E-state index < -0.39 is 0 Å². The molecule has 0 aliphatic rings. The van der Waals surface area contributed by atoms with Gasteiger partial charge in [0.2, 0.25) is 0 Å². The third kappa shape index (κ3) is 3.49. The number of carbonyl (C=O) groups is 1. The van der Waals surface area contributed by atoms with Crippen LogP contribution in [0.1, 0.15) is 18.9 Å².